The molecule has 0 spiro atoms. The van der Waals surface area contributed by atoms with Gasteiger partial charge >= 0.3 is 14.2 Å². The van der Waals surface area contributed by atoms with Crippen molar-refractivity contribution in [2.24, 2.45) is 0 Å². The van der Waals surface area contributed by atoms with Gasteiger partial charge in [-0.1, -0.05) is 72.8 Å². The first-order chi connectivity index (χ1) is 13.5. The van der Waals surface area contributed by atoms with E-state index in [1.54, 1.807) is 24.3 Å². The van der Waals surface area contributed by atoms with Crippen molar-refractivity contribution >= 4 is 35.9 Å². The predicted octanol–water partition coefficient (Wildman–Crippen LogP) is 1.53. The van der Waals surface area contributed by atoms with Crippen LogP contribution < -0.4 is 10.9 Å². The van der Waals surface area contributed by atoms with Crippen LogP contribution in [0.5, 0.6) is 0 Å². The molecule has 4 N–H and O–H groups in total. The van der Waals surface area contributed by atoms with Gasteiger partial charge in [-0.3, -0.25) is 0 Å². The first-order valence-corrected chi connectivity index (χ1v) is 8.98. The Labute approximate surface area is 163 Å². The smallest absolute Gasteiger partial charge is 0.423 e. The molecule has 4 nitrogen and oxygen atoms in total. The average Bonchev–Trinajstić information content (AvgIpc) is 2.73. The van der Waals surface area contributed by atoms with Gasteiger partial charge in [0, 0.05) is 0 Å². The highest BCUT2D eigenvalue weighted by atomic mass is 16.4. The maximum absolute atomic E-state index is 9.34. The van der Waals surface area contributed by atoms with E-state index >= 15 is 0 Å². The van der Waals surface area contributed by atoms with E-state index in [-0.39, 0.29) is 0 Å². The van der Waals surface area contributed by atoms with Gasteiger partial charge in [-0.25, -0.2) is 0 Å². The Balaban J connectivity index is 1.89. The Morgan fingerprint density at radius 2 is 0.821 bits per heavy atom. The van der Waals surface area contributed by atoms with Crippen molar-refractivity contribution in [3.63, 3.8) is 0 Å². The fraction of sp³-hybridized carbons (Fsp3) is 0. The van der Waals surface area contributed by atoms with E-state index in [1.807, 2.05) is 36.4 Å². The van der Waals surface area contributed by atoms with Crippen LogP contribution in [0, 0.1) is 0 Å². The Hall–Kier alpha value is -2.89. The molecule has 0 saturated carbocycles. The third-order valence-electron chi connectivity index (χ3n) is 4.93. The lowest BCUT2D eigenvalue weighted by Gasteiger charge is -2.14. The molecule has 0 aliphatic carbocycles. The fourth-order valence-corrected chi connectivity index (χ4v) is 3.39. The molecule has 0 amide bonds. The Kier molecular flexibility index (Phi) is 5.03. The summed E-state index contributed by atoms with van der Waals surface area (Å²) in [6.07, 6.45) is 0. The molecule has 0 saturated heterocycles. The summed E-state index contributed by atoms with van der Waals surface area (Å²) in [5.74, 6) is 0. The Morgan fingerprint density at radius 3 is 1.14 bits per heavy atom. The standard InChI is InChI=1S/C22H18B2O4/c25-23(26)19-9-5-15(6-10-19)21-13-17-3-1-2-4-18(17)14-22(21)16-7-11-20(12-8-16)24(27)28/h1-14,25-28H. The third-order valence-corrected chi connectivity index (χ3v) is 4.93. The highest BCUT2D eigenvalue weighted by molar-refractivity contribution is 6.59. The molecule has 28 heavy (non-hydrogen) atoms. The van der Waals surface area contributed by atoms with Crippen LogP contribution in [-0.4, -0.2) is 34.3 Å². The minimum Gasteiger partial charge on any atom is -0.423 e. The molecule has 0 unspecified atom stereocenters. The first-order valence-electron chi connectivity index (χ1n) is 8.98. The molecule has 0 heterocycles. The van der Waals surface area contributed by atoms with Gasteiger partial charge in [-0.15, -0.1) is 0 Å². The van der Waals surface area contributed by atoms with Crippen LogP contribution in [0.2, 0.25) is 0 Å². The second kappa shape index (κ2) is 7.62. The third kappa shape index (κ3) is 3.59. The van der Waals surface area contributed by atoms with Crippen molar-refractivity contribution in [1.82, 2.24) is 0 Å². The van der Waals surface area contributed by atoms with Crippen LogP contribution in [0.1, 0.15) is 0 Å². The van der Waals surface area contributed by atoms with Crippen molar-refractivity contribution in [3.8, 4) is 22.3 Å². The molecule has 4 aromatic carbocycles. The molecule has 0 bridgehead atoms. The average molecular weight is 368 g/mol. The zero-order chi connectivity index (χ0) is 19.7. The molecule has 0 radical (unpaired) electrons. The van der Waals surface area contributed by atoms with Crippen LogP contribution in [0.3, 0.4) is 0 Å². The van der Waals surface area contributed by atoms with Crippen molar-refractivity contribution in [1.29, 1.82) is 0 Å². The molecule has 136 valence electrons. The summed E-state index contributed by atoms with van der Waals surface area (Å²) in [5, 5.41) is 39.6. The molecule has 0 atom stereocenters. The second-order valence-corrected chi connectivity index (χ2v) is 6.74. The summed E-state index contributed by atoms with van der Waals surface area (Å²) < 4.78 is 0. The summed E-state index contributed by atoms with van der Waals surface area (Å²) in [7, 11) is -3.00. The van der Waals surface area contributed by atoms with Crippen molar-refractivity contribution in [2.75, 3.05) is 0 Å². The van der Waals surface area contributed by atoms with Gasteiger partial charge in [-0.2, -0.15) is 0 Å². The summed E-state index contributed by atoms with van der Waals surface area (Å²) >= 11 is 0. The topological polar surface area (TPSA) is 80.9 Å². The minimum atomic E-state index is -1.50. The predicted molar refractivity (Wildman–Crippen MR) is 114 cm³/mol. The van der Waals surface area contributed by atoms with Gasteiger partial charge < -0.3 is 20.1 Å². The van der Waals surface area contributed by atoms with Gasteiger partial charge in [0.2, 0.25) is 0 Å². The van der Waals surface area contributed by atoms with Gasteiger partial charge in [0.25, 0.3) is 0 Å². The van der Waals surface area contributed by atoms with Gasteiger partial charge in [0.1, 0.15) is 0 Å². The summed E-state index contributed by atoms with van der Waals surface area (Å²) in [6.45, 7) is 0. The molecule has 6 heteroatoms. The number of hydrogen-bond donors (Lipinski definition) is 4. The van der Waals surface area contributed by atoms with Gasteiger partial charge in [-0.05, 0) is 56.1 Å². The maximum Gasteiger partial charge on any atom is 0.488 e. The summed E-state index contributed by atoms with van der Waals surface area (Å²) in [4.78, 5) is 0. The number of benzene rings is 4. The molecule has 0 fully saturated rings. The summed E-state index contributed by atoms with van der Waals surface area (Å²) in [6, 6.07) is 26.6. The van der Waals surface area contributed by atoms with Crippen LogP contribution in [0.15, 0.2) is 84.9 Å². The van der Waals surface area contributed by atoms with Crippen LogP contribution in [-0.2, 0) is 0 Å². The van der Waals surface area contributed by atoms with Crippen molar-refractivity contribution in [3.05, 3.63) is 84.9 Å². The second-order valence-electron chi connectivity index (χ2n) is 6.74. The van der Waals surface area contributed by atoms with E-state index in [0.29, 0.717) is 10.9 Å². The van der Waals surface area contributed by atoms with E-state index in [1.165, 1.54) is 0 Å². The Morgan fingerprint density at radius 1 is 0.464 bits per heavy atom. The lowest BCUT2D eigenvalue weighted by Crippen LogP contribution is -2.29. The molecule has 4 rings (SSSR count). The zero-order valence-electron chi connectivity index (χ0n) is 15.0. The van der Waals surface area contributed by atoms with Crippen LogP contribution in [0.25, 0.3) is 33.0 Å². The molecule has 0 aliphatic rings. The van der Waals surface area contributed by atoms with Crippen molar-refractivity contribution < 1.29 is 20.1 Å². The number of rotatable bonds is 4. The molecule has 4 aromatic rings. The van der Waals surface area contributed by atoms with E-state index < -0.39 is 14.2 Å². The number of hydrogen-bond acceptors (Lipinski definition) is 4. The van der Waals surface area contributed by atoms with E-state index in [9.17, 15) is 20.1 Å². The van der Waals surface area contributed by atoms with E-state index in [0.717, 1.165) is 33.0 Å². The lowest BCUT2D eigenvalue weighted by atomic mass is 9.78. The molecular weight excluding hydrogens is 350 g/mol. The SMILES string of the molecule is OB(O)c1ccc(-c2cc3ccccc3cc2-c2ccc(B(O)O)cc2)cc1. The zero-order valence-corrected chi connectivity index (χ0v) is 15.0. The van der Waals surface area contributed by atoms with Gasteiger partial charge in [0.05, 0.1) is 0 Å². The van der Waals surface area contributed by atoms with Crippen LogP contribution in [0.4, 0.5) is 0 Å². The van der Waals surface area contributed by atoms with Crippen LogP contribution >= 0.6 is 0 Å². The highest BCUT2D eigenvalue weighted by Gasteiger charge is 2.15. The lowest BCUT2D eigenvalue weighted by molar-refractivity contribution is 0.424. The van der Waals surface area contributed by atoms with E-state index in [2.05, 4.69) is 24.3 Å². The highest BCUT2D eigenvalue weighted by Crippen LogP contribution is 2.35. The largest absolute Gasteiger partial charge is 0.488 e. The summed E-state index contributed by atoms with van der Waals surface area (Å²) in [5.41, 5.74) is 4.80. The quantitative estimate of drug-likeness (QED) is 0.412. The fourth-order valence-electron chi connectivity index (χ4n) is 3.39. The minimum absolute atomic E-state index is 0.437. The molecule has 0 aliphatic heterocycles. The van der Waals surface area contributed by atoms with Crippen molar-refractivity contribution in [2.45, 2.75) is 0 Å². The first kappa shape index (κ1) is 18.5. The Bertz CT molecular complexity index is 1020. The molecule has 0 aromatic heterocycles. The monoisotopic (exact) mass is 368 g/mol. The normalized spacial score (nSPS) is 10.9. The number of fused-ring (bicyclic) bond motifs is 1. The van der Waals surface area contributed by atoms with Gasteiger partial charge in [0.15, 0.2) is 0 Å². The molecular formula is C22H18B2O4. The maximum atomic E-state index is 9.34. The van der Waals surface area contributed by atoms with E-state index in [4.69, 9.17) is 0 Å².